The van der Waals surface area contributed by atoms with Crippen LogP contribution in [0.1, 0.15) is 16.1 Å². The van der Waals surface area contributed by atoms with E-state index in [1.807, 2.05) is 54.6 Å². The number of amides is 3. The van der Waals surface area contributed by atoms with E-state index in [0.29, 0.717) is 27.9 Å². The summed E-state index contributed by atoms with van der Waals surface area (Å²) >= 11 is 2.72. The number of thiazole rings is 1. The third-order valence-electron chi connectivity index (χ3n) is 5.66. The number of nitrogens with zero attached hydrogens (tertiary/aromatic N) is 1. The number of aromatic nitrogens is 1. The summed E-state index contributed by atoms with van der Waals surface area (Å²) in [6.07, 6.45) is 3.12. The second-order valence-electron chi connectivity index (χ2n) is 8.60. The molecule has 0 aliphatic rings. The normalized spacial score (nSPS) is 11.1. The number of anilines is 2. The lowest BCUT2D eigenvalue weighted by molar-refractivity contribution is -0.114. The molecule has 0 saturated heterocycles. The number of carbonyl (C=O) groups is 3. The number of hydrogen-bond acceptors (Lipinski definition) is 7. The molecule has 0 spiro atoms. The lowest BCUT2D eigenvalue weighted by atomic mass is 10.2. The Labute approximate surface area is 244 Å². The number of benzene rings is 3. The van der Waals surface area contributed by atoms with Crippen molar-refractivity contribution >= 4 is 57.7 Å². The van der Waals surface area contributed by atoms with Gasteiger partial charge in [0, 0.05) is 39.4 Å². The lowest BCUT2D eigenvalue weighted by Gasteiger charge is -2.11. The molecule has 10 heteroatoms. The fraction of sp³-hybridized carbons (Fsp3) is 0.0323. The van der Waals surface area contributed by atoms with Crippen LogP contribution in [0.3, 0.4) is 0 Å². The molecular weight excluding hydrogens is 556 g/mol. The Morgan fingerprint density at radius 2 is 1.59 bits per heavy atom. The van der Waals surface area contributed by atoms with Gasteiger partial charge in [-0.15, -0.1) is 23.1 Å². The summed E-state index contributed by atoms with van der Waals surface area (Å²) in [6, 6.07) is 28.8. The van der Waals surface area contributed by atoms with Crippen LogP contribution < -0.4 is 16.0 Å². The molecule has 5 rings (SSSR count). The number of nitrogens with one attached hydrogen (secondary N) is 3. The monoisotopic (exact) mass is 580 g/mol. The zero-order valence-electron chi connectivity index (χ0n) is 21.6. The van der Waals surface area contributed by atoms with E-state index in [0.717, 1.165) is 10.5 Å². The Morgan fingerprint density at radius 1 is 0.854 bits per heavy atom. The minimum Gasteiger partial charge on any atom is -0.457 e. The van der Waals surface area contributed by atoms with E-state index in [4.69, 9.17) is 4.42 Å². The van der Waals surface area contributed by atoms with Crippen molar-refractivity contribution in [2.24, 2.45) is 0 Å². The predicted molar refractivity (Wildman–Crippen MR) is 163 cm³/mol. The van der Waals surface area contributed by atoms with Gasteiger partial charge in [0.1, 0.15) is 17.2 Å². The zero-order chi connectivity index (χ0) is 28.4. The van der Waals surface area contributed by atoms with E-state index >= 15 is 0 Å². The molecule has 0 saturated carbocycles. The minimum atomic E-state index is -0.518. The van der Waals surface area contributed by atoms with Gasteiger partial charge in [0.15, 0.2) is 5.13 Å². The molecule has 5 aromatic rings. The lowest BCUT2D eigenvalue weighted by Crippen LogP contribution is -2.30. The largest absolute Gasteiger partial charge is 0.457 e. The first-order valence-corrected chi connectivity index (χ1v) is 14.4. The molecule has 0 radical (unpaired) electrons. The average molecular weight is 581 g/mol. The first-order chi connectivity index (χ1) is 20.0. The highest BCUT2D eigenvalue weighted by molar-refractivity contribution is 8.00. The predicted octanol–water partition coefficient (Wildman–Crippen LogP) is 6.54. The summed E-state index contributed by atoms with van der Waals surface area (Å²) < 4.78 is 5.94. The number of carbonyl (C=O) groups excluding carboxylic acids is 3. The van der Waals surface area contributed by atoms with Crippen LogP contribution in [-0.4, -0.2) is 28.5 Å². The molecule has 204 valence electrons. The van der Waals surface area contributed by atoms with Gasteiger partial charge in [-0.05, 0) is 48.5 Å². The van der Waals surface area contributed by atoms with Crippen molar-refractivity contribution in [2.45, 2.75) is 4.90 Å². The summed E-state index contributed by atoms with van der Waals surface area (Å²) in [5.74, 6) is 0.168. The summed E-state index contributed by atoms with van der Waals surface area (Å²) in [4.78, 5) is 43.2. The maximum absolute atomic E-state index is 13.3. The van der Waals surface area contributed by atoms with Gasteiger partial charge in [0.25, 0.3) is 11.8 Å². The van der Waals surface area contributed by atoms with E-state index in [2.05, 4.69) is 20.9 Å². The van der Waals surface area contributed by atoms with Gasteiger partial charge in [-0.2, -0.15) is 0 Å². The van der Waals surface area contributed by atoms with Crippen molar-refractivity contribution in [2.75, 3.05) is 16.4 Å². The molecule has 0 unspecified atom stereocenters. The van der Waals surface area contributed by atoms with Crippen molar-refractivity contribution in [3.05, 3.63) is 126 Å². The van der Waals surface area contributed by atoms with Crippen LogP contribution in [-0.2, 0) is 9.59 Å². The zero-order valence-corrected chi connectivity index (χ0v) is 23.2. The molecule has 2 heterocycles. The van der Waals surface area contributed by atoms with Crippen LogP contribution >= 0.6 is 23.1 Å². The molecule has 0 aliphatic heterocycles. The van der Waals surface area contributed by atoms with Gasteiger partial charge in [-0.25, -0.2) is 4.98 Å². The maximum atomic E-state index is 13.3. The maximum Gasteiger partial charge on any atom is 0.272 e. The third kappa shape index (κ3) is 7.81. The molecule has 0 bridgehead atoms. The van der Waals surface area contributed by atoms with E-state index in [1.54, 1.807) is 54.0 Å². The van der Waals surface area contributed by atoms with Crippen LogP contribution in [0.15, 0.2) is 124 Å². The molecular formula is C31H24N4O4S2. The average Bonchev–Trinajstić information content (AvgIpc) is 3.70. The van der Waals surface area contributed by atoms with Crippen LogP contribution in [0, 0.1) is 0 Å². The highest BCUT2D eigenvalue weighted by Gasteiger charge is 2.16. The Bertz CT molecular complexity index is 1650. The second-order valence-corrected chi connectivity index (χ2v) is 10.5. The van der Waals surface area contributed by atoms with Gasteiger partial charge in [-0.1, -0.05) is 48.5 Å². The molecule has 3 N–H and O–H groups in total. The number of furan rings is 1. The second kappa shape index (κ2) is 13.4. The highest BCUT2D eigenvalue weighted by atomic mass is 32.2. The van der Waals surface area contributed by atoms with Gasteiger partial charge >= 0.3 is 0 Å². The topological polar surface area (TPSA) is 113 Å². The van der Waals surface area contributed by atoms with E-state index in [9.17, 15) is 14.4 Å². The molecule has 0 aliphatic carbocycles. The highest BCUT2D eigenvalue weighted by Crippen LogP contribution is 2.24. The Balaban J connectivity index is 1.28. The van der Waals surface area contributed by atoms with Crippen molar-refractivity contribution in [1.82, 2.24) is 10.3 Å². The van der Waals surface area contributed by atoms with Crippen molar-refractivity contribution in [3.8, 4) is 11.3 Å². The number of hydrogen-bond donors (Lipinski definition) is 3. The summed E-state index contributed by atoms with van der Waals surface area (Å²) in [5.41, 5.74) is 1.85. The third-order valence-corrected chi connectivity index (χ3v) is 7.36. The fourth-order valence-corrected chi connectivity index (χ4v) is 4.94. The molecule has 3 amide bonds. The number of rotatable bonds is 10. The minimum absolute atomic E-state index is 0.0186. The Morgan fingerprint density at radius 3 is 2.29 bits per heavy atom. The van der Waals surface area contributed by atoms with Gasteiger partial charge < -0.3 is 20.4 Å². The summed E-state index contributed by atoms with van der Waals surface area (Å²) in [7, 11) is 0. The Hall–Kier alpha value is -4.93. The molecule has 2 aromatic heterocycles. The van der Waals surface area contributed by atoms with Crippen molar-refractivity contribution < 1.29 is 18.8 Å². The van der Waals surface area contributed by atoms with Crippen LogP contribution in [0.5, 0.6) is 0 Å². The number of thioether (sulfide) groups is 1. The Kier molecular flexibility index (Phi) is 9.05. The van der Waals surface area contributed by atoms with Crippen LogP contribution in [0.4, 0.5) is 10.8 Å². The molecule has 0 fully saturated rings. The standard InChI is InChI=1S/C31H24N4O4S2/c36-28(35-31-32-17-18-40-31)20-41-25-14-11-23(12-15-25)33-30(38)26(34-29(37)22-9-5-2-6-10-22)19-24-13-16-27(39-24)21-7-3-1-4-8-21/h1-19H,20H2,(H,33,38)(H,34,37)(H,32,35,36)/b26-19+. The van der Waals surface area contributed by atoms with E-state index in [-0.39, 0.29) is 17.4 Å². The molecule has 8 nitrogen and oxygen atoms in total. The van der Waals surface area contributed by atoms with Crippen molar-refractivity contribution in [1.29, 1.82) is 0 Å². The summed E-state index contributed by atoms with van der Waals surface area (Å²) in [6.45, 7) is 0. The first-order valence-electron chi connectivity index (χ1n) is 12.5. The van der Waals surface area contributed by atoms with Gasteiger partial charge in [0.05, 0.1) is 5.75 Å². The first kappa shape index (κ1) is 27.6. The van der Waals surface area contributed by atoms with Gasteiger partial charge in [-0.3, -0.25) is 14.4 Å². The van der Waals surface area contributed by atoms with E-state index < -0.39 is 11.8 Å². The molecule has 0 atom stereocenters. The van der Waals surface area contributed by atoms with Crippen LogP contribution in [0.25, 0.3) is 17.4 Å². The smallest absolute Gasteiger partial charge is 0.272 e. The van der Waals surface area contributed by atoms with Crippen molar-refractivity contribution in [3.63, 3.8) is 0 Å². The quantitative estimate of drug-likeness (QED) is 0.128. The SMILES string of the molecule is O=C(CSc1ccc(NC(=O)/C(=C\c2ccc(-c3ccccc3)o2)NC(=O)c2ccccc2)cc1)Nc1nccs1. The molecule has 3 aromatic carbocycles. The fourth-order valence-electron chi connectivity index (χ4n) is 3.69. The molecule has 41 heavy (non-hydrogen) atoms. The van der Waals surface area contributed by atoms with E-state index in [1.165, 1.54) is 29.2 Å². The summed E-state index contributed by atoms with van der Waals surface area (Å²) in [5, 5.41) is 10.6. The van der Waals surface area contributed by atoms with Crippen LogP contribution in [0.2, 0.25) is 0 Å². The van der Waals surface area contributed by atoms with Gasteiger partial charge in [0.2, 0.25) is 5.91 Å².